The number of halogens is 2. The fourth-order valence-corrected chi connectivity index (χ4v) is 3.11. The Balaban J connectivity index is 1.79. The Morgan fingerprint density at radius 2 is 2.13 bits per heavy atom. The molecule has 0 spiro atoms. The van der Waals surface area contributed by atoms with Crippen LogP contribution in [-0.2, 0) is 11.3 Å². The normalized spacial score (nSPS) is 16.4. The minimum atomic E-state index is -0.635. The Morgan fingerprint density at radius 1 is 1.35 bits per heavy atom. The molecular formula is C15H17F2N5O. The fraction of sp³-hybridized carbons (Fsp3) is 0.467. The van der Waals surface area contributed by atoms with Crippen molar-refractivity contribution < 1.29 is 13.6 Å². The van der Waals surface area contributed by atoms with E-state index in [2.05, 4.69) is 20.8 Å². The summed E-state index contributed by atoms with van der Waals surface area (Å²) in [6.07, 6.45) is 5.25. The molecule has 1 aromatic carbocycles. The number of tetrazole rings is 1. The van der Waals surface area contributed by atoms with E-state index in [1.54, 1.807) is 0 Å². The number of aromatic nitrogens is 4. The zero-order chi connectivity index (χ0) is 16.2. The minimum Gasteiger partial charge on any atom is -0.347 e. The first-order valence-corrected chi connectivity index (χ1v) is 7.58. The summed E-state index contributed by atoms with van der Waals surface area (Å²) >= 11 is 0. The van der Waals surface area contributed by atoms with Crippen LogP contribution in [0.25, 0.3) is 0 Å². The van der Waals surface area contributed by atoms with Crippen LogP contribution >= 0.6 is 0 Å². The third kappa shape index (κ3) is 3.69. The second kappa shape index (κ2) is 6.80. The van der Waals surface area contributed by atoms with Gasteiger partial charge in [-0.15, -0.1) is 5.10 Å². The molecule has 0 saturated heterocycles. The first-order valence-electron chi connectivity index (χ1n) is 7.58. The molecular weight excluding hydrogens is 304 g/mol. The summed E-state index contributed by atoms with van der Waals surface area (Å²) in [6.45, 7) is -0.0426. The van der Waals surface area contributed by atoms with Crippen molar-refractivity contribution >= 4 is 5.91 Å². The molecule has 1 N–H and O–H groups in total. The predicted molar refractivity (Wildman–Crippen MR) is 77.0 cm³/mol. The average molecular weight is 321 g/mol. The smallest absolute Gasteiger partial charge is 0.242 e. The lowest BCUT2D eigenvalue weighted by Gasteiger charge is -2.25. The molecule has 1 heterocycles. The second-order valence-electron chi connectivity index (χ2n) is 5.76. The maximum Gasteiger partial charge on any atom is 0.242 e. The van der Waals surface area contributed by atoms with Crippen molar-refractivity contribution in [1.29, 1.82) is 0 Å². The van der Waals surface area contributed by atoms with Gasteiger partial charge in [-0.3, -0.25) is 4.79 Å². The summed E-state index contributed by atoms with van der Waals surface area (Å²) in [5.74, 6) is -1.42. The first-order chi connectivity index (χ1) is 11.1. The lowest BCUT2D eigenvalue weighted by molar-refractivity contribution is -0.123. The highest BCUT2D eigenvalue weighted by molar-refractivity contribution is 5.76. The number of hydrogen-bond acceptors (Lipinski definition) is 4. The van der Waals surface area contributed by atoms with E-state index < -0.39 is 17.7 Å². The van der Waals surface area contributed by atoms with Crippen molar-refractivity contribution in [2.75, 3.05) is 0 Å². The molecule has 1 amide bonds. The van der Waals surface area contributed by atoms with Crippen molar-refractivity contribution in [2.45, 2.75) is 38.3 Å². The molecule has 6 nitrogen and oxygen atoms in total. The SMILES string of the molecule is O=C(Cn1cnnn1)N[C@H](c1ccc(F)cc1F)C1CCCC1. The van der Waals surface area contributed by atoms with Crippen molar-refractivity contribution in [1.82, 2.24) is 25.5 Å². The van der Waals surface area contributed by atoms with E-state index in [1.807, 2.05) is 0 Å². The summed E-state index contributed by atoms with van der Waals surface area (Å²) in [5, 5.41) is 13.4. The predicted octanol–water partition coefficient (Wildman–Crippen LogP) is 2.00. The average Bonchev–Trinajstić information content (AvgIpc) is 3.18. The van der Waals surface area contributed by atoms with Crippen molar-refractivity contribution in [3.63, 3.8) is 0 Å². The van der Waals surface area contributed by atoms with E-state index >= 15 is 0 Å². The molecule has 1 saturated carbocycles. The van der Waals surface area contributed by atoms with E-state index in [0.29, 0.717) is 5.56 Å². The van der Waals surface area contributed by atoms with Gasteiger partial charge in [0.25, 0.3) is 0 Å². The molecule has 1 fully saturated rings. The van der Waals surface area contributed by atoms with Gasteiger partial charge >= 0.3 is 0 Å². The van der Waals surface area contributed by atoms with Gasteiger partial charge in [0.1, 0.15) is 24.5 Å². The van der Waals surface area contributed by atoms with E-state index in [4.69, 9.17) is 0 Å². The lowest BCUT2D eigenvalue weighted by Crippen LogP contribution is -2.35. The van der Waals surface area contributed by atoms with Crippen LogP contribution in [0, 0.1) is 17.6 Å². The maximum absolute atomic E-state index is 14.2. The Morgan fingerprint density at radius 3 is 2.78 bits per heavy atom. The van der Waals surface area contributed by atoms with Crippen LogP contribution in [0.15, 0.2) is 24.5 Å². The zero-order valence-electron chi connectivity index (χ0n) is 12.5. The van der Waals surface area contributed by atoms with E-state index in [-0.39, 0.29) is 18.4 Å². The number of carbonyl (C=O) groups excluding carboxylic acids is 1. The summed E-state index contributed by atoms with van der Waals surface area (Å²) in [5.41, 5.74) is 0.323. The number of nitrogens with zero attached hydrogens (tertiary/aromatic N) is 4. The molecule has 2 aromatic rings. The highest BCUT2D eigenvalue weighted by atomic mass is 19.1. The van der Waals surface area contributed by atoms with Gasteiger partial charge in [0.15, 0.2) is 0 Å². The summed E-state index contributed by atoms with van der Waals surface area (Å²) < 4.78 is 28.6. The van der Waals surface area contributed by atoms with Crippen LogP contribution in [0.1, 0.15) is 37.3 Å². The van der Waals surface area contributed by atoms with Crippen molar-refractivity contribution in [3.05, 3.63) is 41.7 Å². The Bertz CT molecular complexity index is 671. The highest BCUT2D eigenvalue weighted by Crippen LogP contribution is 2.36. The molecule has 0 unspecified atom stereocenters. The number of hydrogen-bond donors (Lipinski definition) is 1. The summed E-state index contributed by atoms with van der Waals surface area (Å²) in [7, 11) is 0. The van der Waals surface area contributed by atoms with Gasteiger partial charge in [0, 0.05) is 11.6 Å². The van der Waals surface area contributed by atoms with E-state index in [0.717, 1.165) is 31.7 Å². The van der Waals surface area contributed by atoms with Gasteiger partial charge in [-0.25, -0.2) is 13.5 Å². The van der Waals surface area contributed by atoms with Crippen LogP contribution in [0.4, 0.5) is 8.78 Å². The highest BCUT2D eigenvalue weighted by Gasteiger charge is 2.29. The molecule has 1 atom stereocenters. The molecule has 8 heteroatoms. The third-order valence-corrected chi connectivity index (χ3v) is 4.18. The van der Waals surface area contributed by atoms with Crippen molar-refractivity contribution in [2.24, 2.45) is 5.92 Å². The van der Waals surface area contributed by atoms with Gasteiger partial charge in [-0.05, 0) is 35.3 Å². The van der Waals surface area contributed by atoms with E-state index in [9.17, 15) is 13.6 Å². The number of nitrogens with one attached hydrogen (secondary N) is 1. The standard InChI is InChI=1S/C15H17F2N5O/c16-11-5-6-12(13(17)7-11)15(10-3-1-2-4-10)19-14(23)8-22-9-18-20-21-22/h5-7,9-10,15H,1-4,8H2,(H,19,23)/t15-/m0/s1. The largest absolute Gasteiger partial charge is 0.347 e. The van der Waals surface area contributed by atoms with E-state index in [1.165, 1.54) is 23.1 Å². The van der Waals surface area contributed by atoms with Gasteiger partial charge in [0.2, 0.25) is 5.91 Å². The molecule has 1 aliphatic rings. The number of amides is 1. The van der Waals surface area contributed by atoms with Gasteiger partial charge in [-0.1, -0.05) is 18.9 Å². The van der Waals surface area contributed by atoms with Gasteiger partial charge < -0.3 is 5.32 Å². The third-order valence-electron chi connectivity index (χ3n) is 4.18. The molecule has 1 aliphatic carbocycles. The zero-order valence-corrected chi connectivity index (χ0v) is 12.5. The van der Waals surface area contributed by atoms with Crippen LogP contribution in [0.5, 0.6) is 0 Å². The van der Waals surface area contributed by atoms with Crippen LogP contribution in [0.3, 0.4) is 0 Å². The topological polar surface area (TPSA) is 72.7 Å². The van der Waals surface area contributed by atoms with Crippen LogP contribution in [0.2, 0.25) is 0 Å². The number of carbonyl (C=O) groups is 1. The minimum absolute atomic E-state index is 0.0426. The molecule has 1 aromatic heterocycles. The van der Waals surface area contributed by atoms with Gasteiger partial charge in [-0.2, -0.15) is 0 Å². The Labute approximate surface area is 131 Å². The Hall–Kier alpha value is -2.38. The second-order valence-corrected chi connectivity index (χ2v) is 5.76. The van der Waals surface area contributed by atoms with Gasteiger partial charge in [0.05, 0.1) is 6.04 Å². The fourth-order valence-electron chi connectivity index (χ4n) is 3.11. The molecule has 0 aliphatic heterocycles. The Kier molecular flexibility index (Phi) is 4.59. The number of benzene rings is 1. The van der Waals surface area contributed by atoms with Crippen molar-refractivity contribution in [3.8, 4) is 0 Å². The molecule has 3 rings (SSSR count). The number of rotatable bonds is 5. The molecule has 0 radical (unpaired) electrons. The molecule has 122 valence electrons. The van der Waals surface area contributed by atoms with Crippen LogP contribution in [-0.4, -0.2) is 26.1 Å². The lowest BCUT2D eigenvalue weighted by atomic mass is 9.91. The first kappa shape index (κ1) is 15.5. The maximum atomic E-state index is 14.2. The quantitative estimate of drug-likeness (QED) is 0.914. The molecule has 23 heavy (non-hydrogen) atoms. The van der Waals surface area contributed by atoms with Crippen LogP contribution < -0.4 is 5.32 Å². The monoisotopic (exact) mass is 321 g/mol. The molecule has 0 bridgehead atoms. The summed E-state index contributed by atoms with van der Waals surface area (Å²) in [6, 6.07) is 3.01. The summed E-state index contributed by atoms with van der Waals surface area (Å²) in [4.78, 5) is 12.2.